The minimum absolute atomic E-state index is 0.0128. The number of ether oxygens (including phenoxy) is 2. The molecule has 6 heteroatoms. The molecule has 1 aliphatic rings. The van der Waals surface area contributed by atoms with Gasteiger partial charge in [0.1, 0.15) is 11.9 Å². The van der Waals surface area contributed by atoms with Gasteiger partial charge in [0.25, 0.3) is 5.91 Å². The SMILES string of the molecule is COc1ccc(CN2C[C@@H](C)O[C@@H](Cc3cnc[nH]3)C2=O)cc1. The maximum Gasteiger partial charge on any atom is 0.252 e. The van der Waals surface area contributed by atoms with E-state index in [1.54, 1.807) is 19.6 Å². The summed E-state index contributed by atoms with van der Waals surface area (Å²) in [6.07, 6.45) is 3.41. The minimum Gasteiger partial charge on any atom is -0.497 e. The van der Waals surface area contributed by atoms with E-state index in [-0.39, 0.29) is 12.0 Å². The Morgan fingerprint density at radius 3 is 2.83 bits per heavy atom. The molecule has 0 unspecified atom stereocenters. The number of carbonyl (C=O) groups excluding carboxylic acids is 1. The average Bonchev–Trinajstić information content (AvgIpc) is 3.05. The zero-order chi connectivity index (χ0) is 16.2. The number of methoxy groups -OCH3 is 1. The fourth-order valence-electron chi connectivity index (χ4n) is 2.81. The first-order valence-corrected chi connectivity index (χ1v) is 7.70. The molecule has 0 radical (unpaired) electrons. The number of rotatable bonds is 5. The molecule has 0 bridgehead atoms. The summed E-state index contributed by atoms with van der Waals surface area (Å²) in [6.45, 7) is 3.17. The van der Waals surface area contributed by atoms with Gasteiger partial charge in [-0.25, -0.2) is 4.98 Å². The van der Waals surface area contributed by atoms with Crippen molar-refractivity contribution < 1.29 is 14.3 Å². The summed E-state index contributed by atoms with van der Waals surface area (Å²) in [4.78, 5) is 21.5. The molecule has 0 saturated carbocycles. The van der Waals surface area contributed by atoms with E-state index < -0.39 is 6.10 Å². The van der Waals surface area contributed by atoms with Crippen molar-refractivity contribution in [2.75, 3.05) is 13.7 Å². The van der Waals surface area contributed by atoms with E-state index in [4.69, 9.17) is 9.47 Å². The average molecular weight is 315 g/mol. The van der Waals surface area contributed by atoms with E-state index in [9.17, 15) is 4.79 Å². The maximum atomic E-state index is 12.7. The van der Waals surface area contributed by atoms with Crippen molar-refractivity contribution in [1.29, 1.82) is 0 Å². The fraction of sp³-hybridized carbons (Fsp3) is 0.412. The number of hydrogen-bond acceptors (Lipinski definition) is 4. The highest BCUT2D eigenvalue weighted by Crippen LogP contribution is 2.19. The number of aromatic amines is 1. The number of H-pyrrole nitrogens is 1. The van der Waals surface area contributed by atoms with Crippen LogP contribution < -0.4 is 4.74 Å². The quantitative estimate of drug-likeness (QED) is 0.913. The summed E-state index contributed by atoms with van der Waals surface area (Å²) in [7, 11) is 1.64. The number of hydrogen-bond donors (Lipinski definition) is 1. The van der Waals surface area contributed by atoms with Gasteiger partial charge in [0, 0.05) is 31.4 Å². The van der Waals surface area contributed by atoms with Crippen molar-refractivity contribution in [2.45, 2.75) is 32.1 Å². The Balaban J connectivity index is 1.68. The van der Waals surface area contributed by atoms with Crippen LogP contribution in [0.15, 0.2) is 36.8 Å². The zero-order valence-corrected chi connectivity index (χ0v) is 13.4. The predicted octanol–water partition coefficient (Wildman–Crippen LogP) is 1.78. The van der Waals surface area contributed by atoms with Gasteiger partial charge in [0.2, 0.25) is 0 Å². The van der Waals surface area contributed by atoms with E-state index in [0.717, 1.165) is 17.0 Å². The fourth-order valence-corrected chi connectivity index (χ4v) is 2.81. The van der Waals surface area contributed by atoms with E-state index in [1.807, 2.05) is 36.1 Å². The van der Waals surface area contributed by atoms with Crippen LogP contribution in [0.4, 0.5) is 0 Å². The first kappa shape index (κ1) is 15.6. The monoisotopic (exact) mass is 315 g/mol. The van der Waals surface area contributed by atoms with E-state index in [0.29, 0.717) is 19.5 Å². The van der Waals surface area contributed by atoms with Crippen LogP contribution in [0.2, 0.25) is 0 Å². The molecule has 0 aliphatic carbocycles. The highest BCUT2D eigenvalue weighted by molar-refractivity contribution is 5.82. The van der Waals surface area contributed by atoms with Gasteiger partial charge >= 0.3 is 0 Å². The predicted molar refractivity (Wildman–Crippen MR) is 85.0 cm³/mol. The third kappa shape index (κ3) is 3.71. The van der Waals surface area contributed by atoms with Gasteiger partial charge in [0.15, 0.2) is 0 Å². The first-order valence-electron chi connectivity index (χ1n) is 7.70. The Morgan fingerprint density at radius 2 is 2.17 bits per heavy atom. The van der Waals surface area contributed by atoms with Crippen LogP contribution in [0.3, 0.4) is 0 Å². The van der Waals surface area contributed by atoms with Crippen LogP contribution >= 0.6 is 0 Å². The van der Waals surface area contributed by atoms with Crippen molar-refractivity contribution in [3.63, 3.8) is 0 Å². The molecule has 1 aliphatic heterocycles. The lowest BCUT2D eigenvalue weighted by Crippen LogP contribution is -2.51. The lowest BCUT2D eigenvalue weighted by molar-refractivity contribution is -0.161. The molecule has 1 fully saturated rings. The Hall–Kier alpha value is -2.34. The van der Waals surface area contributed by atoms with Gasteiger partial charge in [-0.3, -0.25) is 4.79 Å². The topological polar surface area (TPSA) is 67.5 Å². The molecule has 2 heterocycles. The Labute approximate surface area is 135 Å². The maximum absolute atomic E-state index is 12.7. The highest BCUT2D eigenvalue weighted by atomic mass is 16.5. The molecular weight excluding hydrogens is 294 g/mol. The Morgan fingerprint density at radius 1 is 1.39 bits per heavy atom. The van der Waals surface area contributed by atoms with Gasteiger partial charge in [-0.2, -0.15) is 0 Å². The van der Waals surface area contributed by atoms with E-state index in [2.05, 4.69) is 9.97 Å². The van der Waals surface area contributed by atoms with Crippen molar-refractivity contribution in [1.82, 2.24) is 14.9 Å². The van der Waals surface area contributed by atoms with Gasteiger partial charge in [0.05, 0.1) is 19.5 Å². The number of morpholine rings is 1. The summed E-state index contributed by atoms with van der Waals surface area (Å²) in [5, 5.41) is 0. The number of nitrogens with one attached hydrogen (secondary N) is 1. The third-order valence-electron chi connectivity index (χ3n) is 3.95. The lowest BCUT2D eigenvalue weighted by atomic mass is 10.1. The van der Waals surface area contributed by atoms with Crippen LogP contribution in [0.5, 0.6) is 5.75 Å². The highest BCUT2D eigenvalue weighted by Gasteiger charge is 2.33. The largest absolute Gasteiger partial charge is 0.497 e. The molecular formula is C17H21N3O3. The van der Waals surface area contributed by atoms with Crippen LogP contribution in [0.25, 0.3) is 0 Å². The minimum atomic E-state index is -0.461. The molecule has 1 N–H and O–H groups in total. The number of carbonyl (C=O) groups is 1. The summed E-state index contributed by atoms with van der Waals surface area (Å²) in [6, 6.07) is 7.78. The lowest BCUT2D eigenvalue weighted by Gasteiger charge is -2.36. The molecule has 1 aromatic heterocycles. The second-order valence-electron chi connectivity index (χ2n) is 5.78. The van der Waals surface area contributed by atoms with Gasteiger partial charge < -0.3 is 19.4 Å². The summed E-state index contributed by atoms with van der Waals surface area (Å²) >= 11 is 0. The van der Waals surface area contributed by atoms with Gasteiger partial charge in [-0.05, 0) is 24.6 Å². The summed E-state index contributed by atoms with van der Waals surface area (Å²) in [5.74, 6) is 0.834. The zero-order valence-electron chi connectivity index (χ0n) is 13.4. The standard InChI is InChI=1S/C17H21N3O3/c1-12-9-20(10-13-3-5-15(22-2)6-4-13)17(21)16(23-12)7-14-8-18-11-19-14/h3-6,8,11-12,16H,7,9-10H2,1-2H3,(H,18,19)/t12-,16+/m1/s1. The molecule has 1 aromatic carbocycles. The molecule has 1 amide bonds. The second-order valence-corrected chi connectivity index (χ2v) is 5.78. The van der Waals surface area contributed by atoms with Crippen molar-refractivity contribution >= 4 is 5.91 Å². The summed E-state index contributed by atoms with van der Waals surface area (Å²) < 4.78 is 11.0. The number of amides is 1. The van der Waals surface area contributed by atoms with Crippen LogP contribution in [0.1, 0.15) is 18.2 Å². The molecule has 0 spiro atoms. The molecule has 122 valence electrons. The van der Waals surface area contributed by atoms with Gasteiger partial charge in [-0.1, -0.05) is 12.1 Å². The molecule has 1 saturated heterocycles. The van der Waals surface area contributed by atoms with Crippen LogP contribution in [-0.2, 0) is 22.5 Å². The van der Waals surface area contributed by atoms with Crippen molar-refractivity contribution in [3.05, 3.63) is 48.0 Å². The Kier molecular flexibility index (Phi) is 4.62. The number of benzene rings is 1. The first-order chi connectivity index (χ1) is 11.2. The number of nitrogens with zero attached hydrogens (tertiary/aromatic N) is 2. The smallest absolute Gasteiger partial charge is 0.252 e. The van der Waals surface area contributed by atoms with Crippen molar-refractivity contribution in [3.8, 4) is 5.75 Å². The van der Waals surface area contributed by atoms with Crippen LogP contribution in [-0.4, -0.2) is 46.6 Å². The van der Waals surface area contributed by atoms with E-state index >= 15 is 0 Å². The molecule has 23 heavy (non-hydrogen) atoms. The van der Waals surface area contributed by atoms with E-state index in [1.165, 1.54) is 0 Å². The molecule has 2 atom stereocenters. The van der Waals surface area contributed by atoms with Crippen LogP contribution in [0, 0.1) is 0 Å². The Bertz CT molecular complexity index is 640. The van der Waals surface area contributed by atoms with Crippen molar-refractivity contribution in [2.24, 2.45) is 0 Å². The molecule has 2 aromatic rings. The third-order valence-corrected chi connectivity index (χ3v) is 3.95. The van der Waals surface area contributed by atoms with Gasteiger partial charge in [-0.15, -0.1) is 0 Å². The molecule has 3 rings (SSSR count). The number of aromatic nitrogens is 2. The molecule has 6 nitrogen and oxygen atoms in total. The normalized spacial score (nSPS) is 21.5. The number of imidazole rings is 1. The second kappa shape index (κ2) is 6.83. The summed E-state index contributed by atoms with van der Waals surface area (Å²) in [5.41, 5.74) is 1.98.